The quantitative estimate of drug-likeness (QED) is 0.720. The molecule has 0 bridgehead atoms. The summed E-state index contributed by atoms with van der Waals surface area (Å²) in [6.45, 7) is 8.36. The van der Waals surface area contributed by atoms with Gasteiger partial charge in [0.15, 0.2) is 0 Å². The molecule has 3 unspecified atom stereocenters. The maximum Gasteiger partial charge on any atom is 0.0389 e. The highest BCUT2D eigenvalue weighted by molar-refractivity contribution is 7.85. The molecule has 0 fully saturated rings. The number of hydrogen-bond acceptors (Lipinski definition) is 2. The van der Waals surface area contributed by atoms with Gasteiger partial charge in [0, 0.05) is 27.8 Å². The standard InChI is InChI=1S/C10H23NOS/c1-5-6-10(11)7-13(12)9(4)8(2)3/h8-10H,5-7,11H2,1-4H3. The molecule has 3 heteroatoms. The van der Waals surface area contributed by atoms with Crippen LogP contribution in [0.15, 0.2) is 0 Å². The van der Waals surface area contributed by atoms with Crippen LogP contribution in [-0.4, -0.2) is 21.3 Å². The van der Waals surface area contributed by atoms with Crippen molar-refractivity contribution in [2.24, 2.45) is 11.7 Å². The Bertz CT molecular complexity index is 159. The van der Waals surface area contributed by atoms with Crippen molar-refractivity contribution in [1.82, 2.24) is 0 Å². The molecular weight excluding hydrogens is 182 g/mol. The first-order valence-corrected chi connectivity index (χ1v) is 6.50. The maximum atomic E-state index is 11.7. The lowest BCUT2D eigenvalue weighted by Gasteiger charge is -2.17. The molecule has 0 aliphatic carbocycles. The van der Waals surface area contributed by atoms with Crippen molar-refractivity contribution in [3.8, 4) is 0 Å². The first-order valence-electron chi connectivity index (χ1n) is 5.11. The third kappa shape index (κ3) is 5.42. The lowest BCUT2D eigenvalue weighted by Crippen LogP contribution is -2.31. The maximum absolute atomic E-state index is 11.7. The van der Waals surface area contributed by atoms with Crippen molar-refractivity contribution in [3.63, 3.8) is 0 Å². The summed E-state index contributed by atoms with van der Waals surface area (Å²) in [5.74, 6) is 1.14. The van der Waals surface area contributed by atoms with E-state index in [1.165, 1.54) is 0 Å². The van der Waals surface area contributed by atoms with Crippen molar-refractivity contribution in [2.75, 3.05) is 5.75 Å². The largest absolute Gasteiger partial charge is 0.327 e. The lowest BCUT2D eigenvalue weighted by atomic mass is 10.2. The van der Waals surface area contributed by atoms with E-state index >= 15 is 0 Å². The SMILES string of the molecule is CCCC(N)CS(=O)C(C)C(C)C. The normalized spacial score (nSPS) is 18.6. The second-order valence-electron chi connectivity index (χ2n) is 4.05. The topological polar surface area (TPSA) is 43.1 Å². The minimum atomic E-state index is -0.751. The van der Waals surface area contributed by atoms with Gasteiger partial charge in [-0.25, -0.2) is 0 Å². The van der Waals surface area contributed by atoms with E-state index in [4.69, 9.17) is 5.73 Å². The van der Waals surface area contributed by atoms with Crippen LogP contribution in [0, 0.1) is 5.92 Å². The van der Waals surface area contributed by atoms with Gasteiger partial charge in [-0.3, -0.25) is 4.21 Å². The fourth-order valence-electron chi connectivity index (χ4n) is 1.12. The Morgan fingerprint density at radius 1 is 1.31 bits per heavy atom. The van der Waals surface area contributed by atoms with E-state index in [1.807, 2.05) is 6.92 Å². The Labute approximate surface area is 84.7 Å². The van der Waals surface area contributed by atoms with Crippen LogP contribution in [-0.2, 0) is 10.8 Å². The molecule has 0 spiro atoms. The van der Waals surface area contributed by atoms with Crippen LogP contribution in [0.25, 0.3) is 0 Å². The molecule has 3 atom stereocenters. The number of hydrogen-bond donors (Lipinski definition) is 1. The van der Waals surface area contributed by atoms with Gasteiger partial charge in [0.1, 0.15) is 0 Å². The minimum absolute atomic E-state index is 0.118. The molecule has 0 saturated carbocycles. The molecule has 0 heterocycles. The number of rotatable bonds is 6. The van der Waals surface area contributed by atoms with E-state index in [2.05, 4.69) is 20.8 Å². The van der Waals surface area contributed by atoms with Gasteiger partial charge < -0.3 is 5.73 Å². The highest BCUT2D eigenvalue weighted by Crippen LogP contribution is 2.10. The Morgan fingerprint density at radius 2 is 1.85 bits per heavy atom. The minimum Gasteiger partial charge on any atom is -0.327 e. The van der Waals surface area contributed by atoms with Crippen LogP contribution >= 0.6 is 0 Å². The third-order valence-electron chi connectivity index (χ3n) is 2.39. The highest BCUT2D eigenvalue weighted by atomic mass is 32.2. The third-order valence-corrected chi connectivity index (χ3v) is 4.52. The summed E-state index contributed by atoms with van der Waals surface area (Å²) in [7, 11) is -0.751. The Balaban J connectivity index is 3.85. The van der Waals surface area contributed by atoms with Crippen molar-refractivity contribution in [2.45, 2.75) is 51.8 Å². The van der Waals surface area contributed by atoms with Crippen LogP contribution in [0.5, 0.6) is 0 Å². The van der Waals surface area contributed by atoms with Crippen LogP contribution in [0.1, 0.15) is 40.5 Å². The van der Waals surface area contributed by atoms with Gasteiger partial charge in [-0.1, -0.05) is 34.1 Å². The predicted octanol–water partition coefficient (Wildman–Crippen LogP) is 1.91. The van der Waals surface area contributed by atoms with E-state index in [9.17, 15) is 4.21 Å². The molecule has 0 amide bonds. The van der Waals surface area contributed by atoms with Crippen LogP contribution < -0.4 is 5.73 Å². The summed E-state index contributed by atoms with van der Waals surface area (Å²) in [4.78, 5) is 0. The first-order chi connectivity index (χ1) is 5.99. The average Bonchev–Trinajstić information content (AvgIpc) is 2.03. The smallest absolute Gasteiger partial charge is 0.0389 e. The molecule has 2 nitrogen and oxygen atoms in total. The predicted molar refractivity (Wildman–Crippen MR) is 60.2 cm³/mol. The molecule has 0 radical (unpaired) electrons. The van der Waals surface area contributed by atoms with E-state index in [-0.39, 0.29) is 11.3 Å². The summed E-state index contributed by atoms with van der Waals surface area (Å²) in [6, 6.07) is 0.118. The fourth-order valence-corrected chi connectivity index (χ4v) is 2.62. The van der Waals surface area contributed by atoms with Gasteiger partial charge in [-0.05, 0) is 12.3 Å². The van der Waals surface area contributed by atoms with E-state index in [1.54, 1.807) is 0 Å². The molecule has 2 N–H and O–H groups in total. The second kappa shape index (κ2) is 6.55. The molecule has 0 aliphatic rings. The molecular formula is C10H23NOS. The van der Waals surface area contributed by atoms with Crippen molar-refractivity contribution in [1.29, 1.82) is 0 Å². The molecule has 0 saturated heterocycles. The van der Waals surface area contributed by atoms with Crippen molar-refractivity contribution >= 4 is 10.8 Å². The zero-order valence-electron chi connectivity index (χ0n) is 9.25. The Kier molecular flexibility index (Phi) is 6.60. The highest BCUT2D eigenvalue weighted by Gasteiger charge is 2.17. The van der Waals surface area contributed by atoms with Crippen LogP contribution in [0.4, 0.5) is 0 Å². The fraction of sp³-hybridized carbons (Fsp3) is 1.00. The van der Waals surface area contributed by atoms with E-state index < -0.39 is 10.8 Å². The summed E-state index contributed by atoms with van der Waals surface area (Å²) in [5.41, 5.74) is 5.83. The van der Waals surface area contributed by atoms with E-state index in [0.717, 1.165) is 12.8 Å². The second-order valence-corrected chi connectivity index (χ2v) is 5.88. The van der Waals surface area contributed by atoms with Gasteiger partial charge in [-0.2, -0.15) is 0 Å². The molecule has 0 aromatic heterocycles. The Morgan fingerprint density at radius 3 is 2.23 bits per heavy atom. The number of nitrogens with two attached hydrogens (primary N) is 1. The van der Waals surface area contributed by atoms with Gasteiger partial charge in [0.05, 0.1) is 0 Å². The molecule has 13 heavy (non-hydrogen) atoms. The van der Waals surface area contributed by atoms with Gasteiger partial charge in [0.25, 0.3) is 0 Å². The average molecular weight is 205 g/mol. The summed E-state index contributed by atoms with van der Waals surface area (Å²) < 4.78 is 11.7. The van der Waals surface area contributed by atoms with Crippen molar-refractivity contribution in [3.05, 3.63) is 0 Å². The molecule has 0 aromatic rings. The molecule has 80 valence electrons. The lowest BCUT2D eigenvalue weighted by molar-refractivity contribution is 0.592. The molecule has 0 aromatic carbocycles. The van der Waals surface area contributed by atoms with Crippen molar-refractivity contribution < 1.29 is 4.21 Å². The van der Waals surface area contributed by atoms with Crippen LogP contribution in [0.3, 0.4) is 0 Å². The first kappa shape index (κ1) is 13.1. The monoisotopic (exact) mass is 205 g/mol. The summed E-state index contributed by atoms with van der Waals surface area (Å²) in [5, 5.41) is 0.267. The zero-order chi connectivity index (χ0) is 10.4. The summed E-state index contributed by atoms with van der Waals surface area (Å²) >= 11 is 0. The van der Waals surface area contributed by atoms with Gasteiger partial charge in [0.2, 0.25) is 0 Å². The molecule has 0 rings (SSSR count). The molecule has 0 aliphatic heterocycles. The van der Waals surface area contributed by atoms with Crippen LogP contribution in [0.2, 0.25) is 0 Å². The summed E-state index contributed by atoms with van der Waals surface area (Å²) in [6.07, 6.45) is 2.06. The zero-order valence-corrected chi connectivity index (χ0v) is 10.1. The van der Waals surface area contributed by atoms with E-state index in [0.29, 0.717) is 11.7 Å². The Hall–Kier alpha value is 0.110. The van der Waals surface area contributed by atoms with Gasteiger partial charge >= 0.3 is 0 Å². The van der Waals surface area contributed by atoms with Gasteiger partial charge in [-0.15, -0.1) is 0 Å².